The van der Waals surface area contributed by atoms with E-state index >= 15 is 0 Å². The summed E-state index contributed by atoms with van der Waals surface area (Å²) in [5.74, 6) is 1.46. The molecule has 0 unspecified atom stereocenters. The smallest absolute Gasteiger partial charge is 0.248 e. The van der Waals surface area contributed by atoms with E-state index in [0.717, 1.165) is 11.4 Å². The maximum absolute atomic E-state index is 4.07. The van der Waals surface area contributed by atoms with E-state index in [4.69, 9.17) is 0 Å². The predicted octanol–water partition coefficient (Wildman–Crippen LogP) is 1.12. The standard InChI is InChI=1S/C9H7N5/c1-2-4-7(5-3-1)8-11-13-9-12-10-6-14(8)9/h1-6H,(H,12,13). The zero-order chi connectivity index (χ0) is 9.38. The van der Waals surface area contributed by atoms with Gasteiger partial charge >= 0.3 is 0 Å². The summed E-state index contributed by atoms with van der Waals surface area (Å²) in [6.45, 7) is 0. The van der Waals surface area contributed by atoms with E-state index in [-0.39, 0.29) is 0 Å². The van der Waals surface area contributed by atoms with Gasteiger partial charge in [0.15, 0.2) is 5.82 Å². The van der Waals surface area contributed by atoms with Gasteiger partial charge in [0.25, 0.3) is 5.78 Å². The van der Waals surface area contributed by atoms with Gasteiger partial charge in [0.05, 0.1) is 0 Å². The molecular weight excluding hydrogens is 178 g/mol. The molecule has 3 rings (SSSR count). The van der Waals surface area contributed by atoms with Gasteiger partial charge in [-0.1, -0.05) is 30.3 Å². The third kappa shape index (κ3) is 0.922. The minimum Gasteiger partial charge on any atom is -0.248 e. The van der Waals surface area contributed by atoms with Gasteiger partial charge < -0.3 is 0 Å². The van der Waals surface area contributed by atoms with Crippen LogP contribution in [0.2, 0.25) is 0 Å². The second-order valence-corrected chi connectivity index (χ2v) is 2.94. The molecule has 0 aliphatic heterocycles. The summed E-state index contributed by atoms with van der Waals surface area (Å²) in [6, 6.07) is 9.89. The Bertz CT molecular complexity index is 551. The minimum atomic E-state index is 0.656. The highest BCUT2D eigenvalue weighted by Crippen LogP contribution is 2.15. The number of benzene rings is 1. The average Bonchev–Trinajstić information content (AvgIpc) is 2.79. The summed E-state index contributed by atoms with van der Waals surface area (Å²) in [4.78, 5) is 0. The normalized spacial score (nSPS) is 10.9. The van der Waals surface area contributed by atoms with Crippen molar-refractivity contribution >= 4 is 5.78 Å². The van der Waals surface area contributed by atoms with E-state index in [1.807, 2.05) is 34.7 Å². The van der Waals surface area contributed by atoms with Gasteiger partial charge in [-0.3, -0.25) is 0 Å². The second kappa shape index (κ2) is 2.66. The van der Waals surface area contributed by atoms with Crippen LogP contribution in [-0.4, -0.2) is 24.8 Å². The Hall–Kier alpha value is -2.17. The third-order valence-electron chi connectivity index (χ3n) is 2.07. The van der Waals surface area contributed by atoms with Gasteiger partial charge in [-0.05, 0) is 0 Å². The lowest BCUT2D eigenvalue weighted by Gasteiger charge is -1.94. The lowest BCUT2D eigenvalue weighted by Crippen LogP contribution is -1.85. The van der Waals surface area contributed by atoms with Crippen LogP contribution in [0.5, 0.6) is 0 Å². The van der Waals surface area contributed by atoms with E-state index in [1.165, 1.54) is 0 Å². The van der Waals surface area contributed by atoms with Crippen LogP contribution in [0.15, 0.2) is 36.7 Å². The van der Waals surface area contributed by atoms with Gasteiger partial charge in [0, 0.05) is 5.56 Å². The molecular formula is C9H7N5. The third-order valence-corrected chi connectivity index (χ3v) is 2.07. The summed E-state index contributed by atoms with van der Waals surface area (Å²) in [7, 11) is 0. The molecule has 0 aliphatic rings. The molecule has 0 aliphatic carbocycles. The zero-order valence-electron chi connectivity index (χ0n) is 7.25. The first-order valence-corrected chi connectivity index (χ1v) is 4.25. The maximum Gasteiger partial charge on any atom is 0.250 e. The summed E-state index contributed by atoms with van der Waals surface area (Å²) < 4.78 is 1.81. The first-order valence-electron chi connectivity index (χ1n) is 4.25. The molecule has 3 aromatic rings. The molecule has 68 valence electrons. The molecule has 0 amide bonds. The van der Waals surface area contributed by atoms with Gasteiger partial charge in [-0.25, -0.2) is 9.50 Å². The van der Waals surface area contributed by atoms with Crippen molar-refractivity contribution in [2.45, 2.75) is 0 Å². The lowest BCUT2D eigenvalue weighted by atomic mass is 10.2. The maximum atomic E-state index is 4.07. The van der Waals surface area contributed by atoms with Gasteiger partial charge in [0.1, 0.15) is 6.33 Å². The molecule has 5 heteroatoms. The molecule has 0 spiro atoms. The molecule has 1 N–H and O–H groups in total. The Balaban J connectivity index is 2.28. The highest BCUT2D eigenvalue weighted by Gasteiger charge is 2.07. The van der Waals surface area contributed by atoms with Crippen molar-refractivity contribution in [1.29, 1.82) is 0 Å². The quantitative estimate of drug-likeness (QED) is 0.618. The Morgan fingerprint density at radius 1 is 1.07 bits per heavy atom. The number of H-pyrrole nitrogens is 1. The van der Waals surface area contributed by atoms with E-state index in [1.54, 1.807) is 6.33 Å². The number of aromatic amines is 1. The van der Waals surface area contributed by atoms with Crippen LogP contribution < -0.4 is 0 Å². The number of hydrogen-bond acceptors (Lipinski definition) is 3. The van der Waals surface area contributed by atoms with Crippen LogP contribution in [-0.2, 0) is 0 Å². The molecule has 0 atom stereocenters. The molecule has 0 bridgehead atoms. The molecule has 0 radical (unpaired) electrons. The fraction of sp³-hybridized carbons (Fsp3) is 0. The number of rotatable bonds is 1. The van der Waals surface area contributed by atoms with Crippen molar-refractivity contribution in [3.63, 3.8) is 0 Å². The number of aromatic nitrogens is 5. The monoisotopic (exact) mass is 185 g/mol. The number of nitrogens with zero attached hydrogens (tertiary/aromatic N) is 4. The van der Waals surface area contributed by atoms with E-state index < -0.39 is 0 Å². The van der Waals surface area contributed by atoms with Crippen molar-refractivity contribution in [3.8, 4) is 11.4 Å². The van der Waals surface area contributed by atoms with Crippen molar-refractivity contribution < 1.29 is 0 Å². The molecule has 0 fully saturated rings. The summed E-state index contributed by atoms with van der Waals surface area (Å²) in [5, 5.41) is 14.6. The highest BCUT2D eigenvalue weighted by atomic mass is 15.4. The Kier molecular flexibility index (Phi) is 1.38. The van der Waals surface area contributed by atoms with Crippen molar-refractivity contribution in [3.05, 3.63) is 36.7 Å². The fourth-order valence-corrected chi connectivity index (χ4v) is 1.41. The van der Waals surface area contributed by atoms with E-state index in [0.29, 0.717) is 5.78 Å². The number of hydrogen-bond donors (Lipinski definition) is 1. The molecule has 5 nitrogen and oxygen atoms in total. The molecule has 14 heavy (non-hydrogen) atoms. The zero-order valence-corrected chi connectivity index (χ0v) is 7.25. The Labute approximate surface area is 79.4 Å². The number of nitrogens with one attached hydrogen (secondary N) is 1. The number of fused-ring (bicyclic) bond motifs is 1. The average molecular weight is 185 g/mol. The van der Waals surface area contributed by atoms with Crippen LogP contribution in [0.4, 0.5) is 0 Å². The van der Waals surface area contributed by atoms with Gasteiger partial charge in [-0.15, -0.1) is 10.2 Å². The highest BCUT2D eigenvalue weighted by molar-refractivity contribution is 5.57. The molecule has 0 saturated carbocycles. The van der Waals surface area contributed by atoms with Crippen LogP contribution in [0.3, 0.4) is 0 Å². The van der Waals surface area contributed by atoms with Crippen molar-refractivity contribution in [2.75, 3.05) is 0 Å². The van der Waals surface area contributed by atoms with E-state index in [9.17, 15) is 0 Å². The molecule has 2 aromatic heterocycles. The molecule has 2 heterocycles. The van der Waals surface area contributed by atoms with Crippen LogP contribution in [0, 0.1) is 0 Å². The predicted molar refractivity (Wildman–Crippen MR) is 50.6 cm³/mol. The van der Waals surface area contributed by atoms with Crippen LogP contribution >= 0.6 is 0 Å². The van der Waals surface area contributed by atoms with Crippen LogP contribution in [0.1, 0.15) is 0 Å². The first-order chi connectivity index (χ1) is 6.95. The lowest BCUT2D eigenvalue weighted by molar-refractivity contribution is 1.03. The SMILES string of the molecule is c1ccc(-c2nnc3[nH]ncn23)cc1. The summed E-state index contributed by atoms with van der Waals surface area (Å²) in [6.07, 6.45) is 1.66. The first kappa shape index (κ1) is 7.25. The van der Waals surface area contributed by atoms with Gasteiger partial charge in [-0.2, -0.15) is 5.10 Å². The fourth-order valence-electron chi connectivity index (χ4n) is 1.41. The largest absolute Gasteiger partial charge is 0.250 e. The molecule has 0 saturated heterocycles. The van der Waals surface area contributed by atoms with Crippen molar-refractivity contribution in [2.24, 2.45) is 0 Å². The topological polar surface area (TPSA) is 58.9 Å². The Morgan fingerprint density at radius 2 is 1.93 bits per heavy atom. The van der Waals surface area contributed by atoms with Gasteiger partial charge in [0.2, 0.25) is 0 Å². The summed E-state index contributed by atoms with van der Waals surface area (Å²) in [5.41, 5.74) is 1.03. The molecule has 1 aromatic carbocycles. The Morgan fingerprint density at radius 3 is 2.79 bits per heavy atom. The van der Waals surface area contributed by atoms with Crippen LogP contribution in [0.25, 0.3) is 17.2 Å². The van der Waals surface area contributed by atoms with E-state index in [2.05, 4.69) is 20.4 Å². The summed E-state index contributed by atoms with van der Waals surface area (Å²) >= 11 is 0. The minimum absolute atomic E-state index is 0.656. The van der Waals surface area contributed by atoms with Crippen molar-refractivity contribution in [1.82, 2.24) is 24.8 Å². The second-order valence-electron chi connectivity index (χ2n) is 2.94.